The number of carbonyl (C=O) groups is 1. The molecule has 0 spiro atoms. The maximum Gasteiger partial charge on any atom is 0.252 e. The molecular formula is C12H12N2O2S. The van der Waals surface area contributed by atoms with Crippen molar-refractivity contribution in [3.8, 4) is 5.75 Å². The van der Waals surface area contributed by atoms with Crippen LogP contribution in [0.3, 0.4) is 0 Å². The third-order valence-electron chi connectivity index (χ3n) is 2.46. The lowest BCUT2D eigenvalue weighted by Gasteiger charge is -2.07. The number of amides is 1. The maximum atomic E-state index is 11.9. The lowest BCUT2D eigenvalue weighted by Crippen LogP contribution is -2.23. The van der Waals surface area contributed by atoms with Gasteiger partial charge >= 0.3 is 0 Å². The maximum absolute atomic E-state index is 11.9. The van der Waals surface area contributed by atoms with Gasteiger partial charge in [0.05, 0.1) is 17.7 Å². The van der Waals surface area contributed by atoms with Crippen molar-refractivity contribution >= 4 is 17.2 Å². The van der Waals surface area contributed by atoms with Crippen molar-refractivity contribution < 1.29 is 9.90 Å². The van der Waals surface area contributed by atoms with Crippen LogP contribution in [0.1, 0.15) is 21.6 Å². The van der Waals surface area contributed by atoms with Crippen LogP contribution < -0.4 is 5.32 Å². The number of carbonyl (C=O) groups excluding carboxylic acids is 1. The van der Waals surface area contributed by atoms with Crippen LogP contribution in [0.15, 0.2) is 29.1 Å². The van der Waals surface area contributed by atoms with Crippen LogP contribution in [0.4, 0.5) is 0 Å². The van der Waals surface area contributed by atoms with E-state index in [4.69, 9.17) is 0 Å². The van der Waals surface area contributed by atoms with Crippen LogP contribution in [0.2, 0.25) is 0 Å². The Bertz CT molecular complexity index is 523. The highest BCUT2D eigenvalue weighted by molar-refractivity contribution is 7.07. The SMILES string of the molecule is Cc1c(O)cccc1C(=O)NCc1cscn1. The van der Waals surface area contributed by atoms with Gasteiger partial charge in [0.2, 0.25) is 0 Å². The van der Waals surface area contributed by atoms with E-state index in [0.29, 0.717) is 17.7 Å². The molecule has 5 heteroatoms. The smallest absolute Gasteiger partial charge is 0.252 e. The summed E-state index contributed by atoms with van der Waals surface area (Å²) in [6, 6.07) is 4.90. The zero-order chi connectivity index (χ0) is 12.3. The molecule has 1 heterocycles. The van der Waals surface area contributed by atoms with Gasteiger partial charge in [0, 0.05) is 16.5 Å². The van der Waals surface area contributed by atoms with Crippen molar-refractivity contribution in [2.75, 3.05) is 0 Å². The first-order valence-electron chi connectivity index (χ1n) is 5.12. The Morgan fingerprint density at radius 2 is 2.35 bits per heavy atom. The van der Waals surface area contributed by atoms with Crippen molar-refractivity contribution in [3.63, 3.8) is 0 Å². The van der Waals surface area contributed by atoms with Gasteiger partial charge in [-0.25, -0.2) is 4.98 Å². The Balaban J connectivity index is 2.07. The highest BCUT2D eigenvalue weighted by Crippen LogP contribution is 2.19. The lowest BCUT2D eigenvalue weighted by atomic mass is 10.1. The molecule has 0 saturated carbocycles. The predicted molar refractivity (Wildman–Crippen MR) is 66.1 cm³/mol. The van der Waals surface area contributed by atoms with Crippen molar-refractivity contribution in [3.05, 3.63) is 45.9 Å². The second-order valence-electron chi connectivity index (χ2n) is 3.61. The summed E-state index contributed by atoms with van der Waals surface area (Å²) in [5.74, 6) is -0.0716. The Morgan fingerprint density at radius 1 is 1.53 bits per heavy atom. The molecule has 1 aromatic carbocycles. The van der Waals surface area contributed by atoms with E-state index in [0.717, 1.165) is 5.69 Å². The van der Waals surface area contributed by atoms with Gasteiger partial charge in [0.15, 0.2) is 0 Å². The first-order chi connectivity index (χ1) is 8.18. The summed E-state index contributed by atoms with van der Waals surface area (Å²) in [6.07, 6.45) is 0. The first kappa shape index (κ1) is 11.6. The highest BCUT2D eigenvalue weighted by atomic mass is 32.1. The van der Waals surface area contributed by atoms with Crippen LogP contribution in [0, 0.1) is 6.92 Å². The van der Waals surface area contributed by atoms with Crippen molar-refractivity contribution in [1.29, 1.82) is 0 Å². The summed E-state index contributed by atoms with van der Waals surface area (Å²) < 4.78 is 0. The summed E-state index contributed by atoms with van der Waals surface area (Å²) in [6.45, 7) is 2.12. The number of hydrogen-bond acceptors (Lipinski definition) is 4. The molecule has 0 atom stereocenters. The number of aromatic nitrogens is 1. The lowest BCUT2D eigenvalue weighted by molar-refractivity contribution is 0.0949. The molecule has 2 rings (SSSR count). The van der Waals surface area contributed by atoms with Crippen molar-refractivity contribution in [2.45, 2.75) is 13.5 Å². The quantitative estimate of drug-likeness (QED) is 0.874. The van der Waals surface area contributed by atoms with Gasteiger partial charge in [-0.1, -0.05) is 6.07 Å². The van der Waals surface area contributed by atoms with Gasteiger partial charge in [-0.15, -0.1) is 11.3 Å². The zero-order valence-electron chi connectivity index (χ0n) is 9.30. The monoisotopic (exact) mass is 248 g/mol. The first-order valence-corrected chi connectivity index (χ1v) is 6.06. The van der Waals surface area contributed by atoms with Crippen LogP contribution in [0.5, 0.6) is 5.75 Å². The van der Waals surface area contributed by atoms with Gasteiger partial charge in [-0.05, 0) is 19.1 Å². The Morgan fingerprint density at radius 3 is 3.06 bits per heavy atom. The third-order valence-corrected chi connectivity index (χ3v) is 3.10. The molecule has 0 fully saturated rings. The van der Waals surface area contributed by atoms with E-state index in [9.17, 15) is 9.90 Å². The molecule has 17 heavy (non-hydrogen) atoms. The molecule has 0 radical (unpaired) electrons. The van der Waals surface area contributed by atoms with Gasteiger partial charge in [-0.3, -0.25) is 4.79 Å². The molecule has 2 N–H and O–H groups in total. The topological polar surface area (TPSA) is 62.2 Å². The van der Waals surface area contributed by atoms with Gasteiger partial charge in [0.1, 0.15) is 5.75 Å². The number of nitrogens with zero attached hydrogens (tertiary/aromatic N) is 1. The average Bonchev–Trinajstić information content (AvgIpc) is 2.82. The van der Waals surface area contributed by atoms with E-state index in [1.807, 2.05) is 5.38 Å². The second-order valence-corrected chi connectivity index (χ2v) is 4.33. The molecule has 0 unspecified atom stereocenters. The van der Waals surface area contributed by atoms with Gasteiger partial charge in [-0.2, -0.15) is 0 Å². The second kappa shape index (κ2) is 4.97. The molecule has 0 aliphatic heterocycles. The number of hydrogen-bond donors (Lipinski definition) is 2. The van der Waals surface area contributed by atoms with E-state index >= 15 is 0 Å². The molecule has 0 aliphatic rings. The summed E-state index contributed by atoms with van der Waals surface area (Å²) in [5, 5.41) is 14.2. The third kappa shape index (κ3) is 2.62. The average molecular weight is 248 g/mol. The van der Waals surface area contributed by atoms with Gasteiger partial charge in [0.25, 0.3) is 5.91 Å². The molecule has 0 aliphatic carbocycles. The Hall–Kier alpha value is -1.88. The fourth-order valence-corrected chi connectivity index (χ4v) is 2.02. The molecule has 0 bridgehead atoms. The van der Waals surface area contributed by atoms with Crippen LogP contribution in [-0.2, 0) is 6.54 Å². The minimum absolute atomic E-state index is 0.131. The number of benzene rings is 1. The number of rotatable bonds is 3. The normalized spacial score (nSPS) is 10.2. The molecule has 4 nitrogen and oxygen atoms in total. The number of phenolic OH excluding ortho intramolecular Hbond substituents is 1. The number of thiazole rings is 1. The van der Waals surface area contributed by atoms with E-state index in [2.05, 4.69) is 10.3 Å². The molecule has 0 saturated heterocycles. The van der Waals surface area contributed by atoms with E-state index in [1.165, 1.54) is 11.3 Å². The summed E-state index contributed by atoms with van der Waals surface area (Å²) in [4.78, 5) is 15.9. The number of phenols is 1. The minimum Gasteiger partial charge on any atom is -0.508 e. The van der Waals surface area contributed by atoms with Crippen LogP contribution in [-0.4, -0.2) is 16.0 Å². The zero-order valence-corrected chi connectivity index (χ0v) is 10.1. The Labute approximate surface area is 103 Å². The van der Waals surface area contributed by atoms with Crippen LogP contribution in [0.25, 0.3) is 0 Å². The number of aromatic hydroxyl groups is 1. The fraction of sp³-hybridized carbons (Fsp3) is 0.167. The summed E-state index contributed by atoms with van der Waals surface area (Å²) >= 11 is 1.49. The van der Waals surface area contributed by atoms with E-state index < -0.39 is 0 Å². The molecule has 1 aromatic heterocycles. The fourth-order valence-electron chi connectivity index (χ4n) is 1.46. The predicted octanol–water partition coefficient (Wildman–Crippen LogP) is 2.09. The van der Waals surface area contributed by atoms with E-state index in [-0.39, 0.29) is 11.7 Å². The molecule has 88 valence electrons. The Kier molecular flexibility index (Phi) is 3.39. The molecule has 2 aromatic rings. The van der Waals surface area contributed by atoms with Crippen molar-refractivity contribution in [1.82, 2.24) is 10.3 Å². The van der Waals surface area contributed by atoms with Gasteiger partial charge < -0.3 is 10.4 Å². The molecular weight excluding hydrogens is 236 g/mol. The van der Waals surface area contributed by atoms with Crippen molar-refractivity contribution in [2.24, 2.45) is 0 Å². The molecule has 1 amide bonds. The van der Waals surface area contributed by atoms with Crippen LogP contribution >= 0.6 is 11.3 Å². The number of nitrogens with one attached hydrogen (secondary N) is 1. The summed E-state index contributed by atoms with van der Waals surface area (Å²) in [7, 11) is 0. The minimum atomic E-state index is -0.202. The largest absolute Gasteiger partial charge is 0.508 e. The standard InChI is InChI=1S/C12H12N2O2S/c1-8-10(3-2-4-11(8)15)12(16)13-5-9-6-17-7-14-9/h2-4,6-7,15H,5H2,1H3,(H,13,16). The highest BCUT2D eigenvalue weighted by Gasteiger charge is 2.10. The summed E-state index contributed by atoms with van der Waals surface area (Å²) in [5.41, 5.74) is 3.63. The van der Waals surface area contributed by atoms with E-state index in [1.54, 1.807) is 30.6 Å².